The second-order valence-electron chi connectivity index (χ2n) is 4.14. The van der Waals surface area contributed by atoms with E-state index in [2.05, 4.69) is 22.2 Å². The van der Waals surface area contributed by atoms with Gasteiger partial charge in [0.05, 0.1) is 24.5 Å². The van der Waals surface area contributed by atoms with Crippen molar-refractivity contribution in [1.82, 2.24) is 9.97 Å². The molecule has 1 aromatic heterocycles. The molecule has 17 heavy (non-hydrogen) atoms. The Kier molecular flexibility index (Phi) is 3.86. The molecule has 1 aliphatic heterocycles. The molecule has 0 bridgehead atoms. The van der Waals surface area contributed by atoms with E-state index in [0.29, 0.717) is 11.5 Å². The lowest BCUT2D eigenvalue weighted by Crippen LogP contribution is -2.30. The number of hydrogen-bond donors (Lipinski definition) is 2. The van der Waals surface area contributed by atoms with E-state index >= 15 is 0 Å². The van der Waals surface area contributed by atoms with Gasteiger partial charge in [-0.05, 0) is 19.8 Å². The van der Waals surface area contributed by atoms with Gasteiger partial charge in [-0.1, -0.05) is 12.2 Å². The van der Waals surface area contributed by atoms with Crippen LogP contribution in [0.3, 0.4) is 0 Å². The second kappa shape index (κ2) is 5.37. The topological polar surface area (TPSA) is 73.1 Å². The van der Waals surface area contributed by atoms with Crippen LogP contribution in [0.2, 0.25) is 0 Å². The summed E-state index contributed by atoms with van der Waals surface area (Å²) in [6, 6.07) is 0.225. The van der Waals surface area contributed by atoms with Gasteiger partial charge < -0.3 is 15.8 Å². The van der Waals surface area contributed by atoms with Crippen LogP contribution in [0.1, 0.15) is 25.5 Å². The van der Waals surface area contributed by atoms with Gasteiger partial charge in [-0.25, -0.2) is 9.97 Å². The molecule has 92 valence electrons. The minimum Gasteiger partial charge on any atom is -0.388 e. The van der Waals surface area contributed by atoms with Gasteiger partial charge >= 0.3 is 0 Å². The van der Waals surface area contributed by atoms with Gasteiger partial charge in [-0.15, -0.1) is 0 Å². The number of hydrogen-bond acceptors (Lipinski definition) is 5. The molecule has 2 unspecified atom stereocenters. The smallest absolute Gasteiger partial charge is 0.144 e. The second-order valence-corrected chi connectivity index (χ2v) is 4.58. The number of nitrogens with one attached hydrogen (secondary N) is 1. The van der Waals surface area contributed by atoms with Crippen LogP contribution < -0.4 is 11.1 Å². The lowest BCUT2D eigenvalue weighted by molar-refractivity contribution is 0.0995. The fourth-order valence-electron chi connectivity index (χ4n) is 1.85. The standard InChI is InChI=1S/C11H16N4OS/c1-7(9-3-2-4-16-9)15-10-6-13-8(5-14-10)11(12)17/h5-7,9H,2-4H2,1H3,(H2,12,17)(H,14,15). The molecule has 0 aliphatic carbocycles. The molecule has 0 radical (unpaired) electrons. The molecule has 0 spiro atoms. The number of thiocarbonyl (C=S) groups is 1. The highest BCUT2D eigenvalue weighted by Gasteiger charge is 2.22. The van der Waals surface area contributed by atoms with Crippen molar-refractivity contribution in [2.45, 2.75) is 31.9 Å². The van der Waals surface area contributed by atoms with Gasteiger partial charge in [0.2, 0.25) is 0 Å². The number of anilines is 1. The van der Waals surface area contributed by atoms with Crippen LogP contribution >= 0.6 is 12.2 Å². The summed E-state index contributed by atoms with van der Waals surface area (Å²) in [7, 11) is 0. The Bertz CT molecular complexity index is 389. The summed E-state index contributed by atoms with van der Waals surface area (Å²) in [5.41, 5.74) is 5.99. The fourth-order valence-corrected chi connectivity index (χ4v) is 1.96. The Morgan fingerprint density at radius 2 is 2.41 bits per heavy atom. The summed E-state index contributed by atoms with van der Waals surface area (Å²) < 4.78 is 5.60. The van der Waals surface area contributed by atoms with Gasteiger partial charge in [0.15, 0.2) is 0 Å². The zero-order valence-electron chi connectivity index (χ0n) is 9.72. The van der Waals surface area contributed by atoms with Gasteiger partial charge in [0, 0.05) is 6.61 Å². The highest BCUT2D eigenvalue weighted by atomic mass is 32.1. The monoisotopic (exact) mass is 252 g/mol. The van der Waals surface area contributed by atoms with E-state index in [1.54, 1.807) is 12.4 Å². The summed E-state index contributed by atoms with van der Waals surface area (Å²) in [4.78, 5) is 8.60. The molecule has 1 fully saturated rings. The van der Waals surface area contributed by atoms with Crippen molar-refractivity contribution in [2.24, 2.45) is 5.73 Å². The fraction of sp³-hybridized carbons (Fsp3) is 0.545. The molecule has 5 nitrogen and oxygen atoms in total. The van der Waals surface area contributed by atoms with Crippen molar-refractivity contribution in [2.75, 3.05) is 11.9 Å². The third-order valence-corrected chi connectivity index (χ3v) is 3.01. The van der Waals surface area contributed by atoms with Crippen molar-refractivity contribution in [3.05, 3.63) is 18.1 Å². The Hall–Kier alpha value is -1.27. The molecule has 3 N–H and O–H groups in total. The lowest BCUT2D eigenvalue weighted by atomic mass is 10.1. The predicted molar refractivity (Wildman–Crippen MR) is 70.0 cm³/mol. The third kappa shape index (κ3) is 3.10. The zero-order valence-corrected chi connectivity index (χ0v) is 10.5. The first-order valence-electron chi connectivity index (χ1n) is 5.67. The van der Waals surface area contributed by atoms with Gasteiger partial charge in [0.25, 0.3) is 0 Å². The molecular weight excluding hydrogens is 236 g/mol. The molecule has 2 heterocycles. The van der Waals surface area contributed by atoms with Crippen molar-refractivity contribution in [1.29, 1.82) is 0 Å². The van der Waals surface area contributed by atoms with Crippen molar-refractivity contribution >= 4 is 23.0 Å². The van der Waals surface area contributed by atoms with E-state index in [4.69, 9.17) is 22.7 Å². The first kappa shape index (κ1) is 12.2. The zero-order chi connectivity index (χ0) is 12.3. The first-order valence-corrected chi connectivity index (χ1v) is 6.07. The SMILES string of the molecule is CC(Nc1cnc(C(N)=S)cn1)C1CCCO1. The summed E-state index contributed by atoms with van der Waals surface area (Å²) in [5.74, 6) is 0.716. The van der Waals surface area contributed by atoms with E-state index in [-0.39, 0.29) is 17.1 Å². The number of rotatable bonds is 4. The van der Waals surface area contributed by atoms with Gasteiger partial charge in [0.1, 0.15) is 16.5 Å². The van der Waals surface area contributed by atoms with Crippen LogP contribution in [0.4, 0.5) is 5.82 Å². The first-order chi connectivity index (χ1) is 8.16. The molecule has 6 heteroatoms. The predicted octanol–water partition coefficient (Wildman–Crippen LogP) is 1.09. The quantitative estimate of drug-likeness (QED) is 0.782. The number of nitrogens with two attached hydrogens (primary N) is 1. The average Bonchev–Trinajstić information content (AvgIpc) is 2.83. The van der Waals surface area contributed by atoms with E-state index < -0.39 is 0 Å². The number of nitrogens with zero attached hydrogens (tertiary/aromatic N) is 2. The highest BCUT2D eigenvalue weighted by molar-refractivity contribution is 7.80. The van der Waals surface area contributed by atoms with Gasteiger partial charge in [-0.2, -0.15) is 0 Å². The minimum atomic E-state index is 0.225. The van der Waals surface area contributed by atoms with Crippen LogP contribution in [0.5, 0.6) is 0 Å². The largest absolute Gasteiger partial charge is 0.388 e. The summed E-state index contributed by atoms with van der Waals surface area (Å²) in [5, 5.41) is 3.27. The van der Waals surface area contributed by atoms with Crippen LogP contribution in [-0.4, -0.2) is 33.7 Å². The average molecular weight is 252 g/mol. The Morgan fingerprint density at radius 1 is 1.59 bits per heavy atom. The third-order valence-electron chi connectivity index (χ3n) is 2.80. The molecule has 2 atom stereocenters. The molecule has 1 saturated heterocycles. The molecule has 1 aliphatic rings. The van der Waals surface area contributed by atoms with E-state index in [9.17, 15) is 0 Å². The van der Waals surface area contributed by atoms with Crippen LogP contribution in [0.25, 0.3) is 0 Å². The minimum absolute atomic E-state index is 0.225. The van der Waals surface area contributed by atoms with E-state index in [1.165, 1.54) is 0 Å². The normalized spacial score (nSPS) is 21.1. The lowest BCUT2D eigenvalue weighted by Gasteiger charge is -2.20. The maximum absolute atomic E-state index is 5.60. The maximum Gasteiger partial charge on any atom is 0.144 e. The van der Waals surface area contributed by atoms with Gasteiger partial charge in [-0.3, -0.25) is 0 Å². The highest BCUT2D eigenvalue weighted by Crippen LogP contribution is 2.17. The number of aromatic nitrogens is 2. The summed E-state index contributed by atoms with van der Waals surface area (Å²) >= 11 is 4.82. The molecule has 0 amide bonds. The van der Waals surface area contributed by atoms with E-state index in [1.807, 2.05) is 0 Å². The molecule has 2 rings (SSSR count). The van der Waals surface area contributed by atoms with Crippen LogP contribution in [0.15, 0.2) is 12.4 Å². The Morgan fingerprint density at radius 3 is 2.94 bits per heavy atom. The Balaban J connectivity index is 1.96. The Labute approximate surface area is 106 Å². The number of ether oxygens (including phenoxy) is 1. The molecule has 1 aromatic rings. The van der Waals surface area contributed by atoms with Crippen molar-refractivity contribution in [3.8, 4) is 0 Å². The van der Waals surface area contributed by atoms with Crippen LogP contribution in [0, 0.1) is 0 Å². The van der Waals surface area contributed by atoms with Crippen molar-refractivity contribution in [3.63, 3.8) is 0 Å². The molecule has 0 saturated carbocycles. The summed E-state index contributed by atoms with van der Waals surface area (Å²) in [6.45, 7) is 2.93. The van der Waals surface area contributed by atoms with Crippen molar-refractivity contribution < 1.29 is 4.74 Å². The maximum atomic E-state index is 5.60. The molecular formula is C11H16N4OS. The van der Waals surface area contributed by atoms with Crippen LogP contribution in [-0.2, 0) is 4.74 Å². The molecule has 0 aromatic carbocycles. The van der Waals surface area contributed by atoms with E-state index in [0.717, 1.165) is 19.4 Å². The summed E-state index contributed by atoms with van der Waals surface area (Å²) in [6.07, 6.45) is 5.69.